The number of rotatable bonds is 13. The molecule has 1 unspecified atom stereocenters. The van der Waals surface area contributed by atoms with Crippen LogP contribution in [0.2, 0.25) is 0 Å². The molecule has 0 spiro atoms. The number of amides is 1. The first-order valence-electron chi connectivity index (χ1n) is 15.1. The third-order valence-electron chi connectivity index (χ3n) is 7.36. The van der Waals surface area contributed by atoms with Crippen LogP contribution < -0.4 is 23.8 Å². The highest BCUT2D eigenvalue weighted by molar-refractivity contribution is 7.17. The Hall–Kier alpha value is -4.84. The predicted molar refractivity (Wildman–Crippen MR) is 172 cm³/mol. The molecule has 0 aliphatic carbocycles. The largest absolute Gasteiger partial charge is 0.507 e. The second kappa shape index (κ2) is 14.5. The SMILES string of the molecule is C=CCOC(=O)c1sc(N2C(=O)C(=O)C(=C(O)c3ccc4c(c3)OCCO4)C2c2ccc(OCCCCC)c(OCC)c2)nc1C. The predicted octanol–water partition coefficient (Wildman–Crippen LogP) is 6.16. The third-order valence-corrected chi connectivity index (χ3v) is 8.49. The van der Waals surface area contributed by atoms with Gasteiger partial charge in [-0.1, -0.05) is 49.8 Å². The van der Waals surface area contributed by atoms with Crippen molar-refractivity contribution in [2.75, 3.05) is 37.9 Å². The summed E-state index contributed by atoms with van der Waals surface area (Å²) in [4.78, 5) is 46.2. The first kappa shape index (κ1) is 32.6. The van der Waals surface area contributed by atoms with Crippen molar-refractivity contribution >= 4 is 39.9 Å². The normalized spacial score (nSPS) is 16.8. The van der Waals surface area contributed by atoms with Crippen molar-refractivity contribution in [1.29, 1.82) is 0 Å². The molecule has 1 saturated heterocycles. The summed E-state index contributed by atoms with van der Waals surface area (Å²) >= 11 is 0.917. The number of ether oxygens (including phenoxy) is 5. The zero-order valence-corrected chi connectivity index (χ0v) is 26.8. The van der Waals surface area contributed by atoms with Crippen LogP contribution in [0.25, 0.3) is 5.76 Å². The van der Waals surface area contributed by atoms with E-state index < -0.39 is 29.5 Å². The Labute approximate surface area is 271 Å². The van der Waals surface area contributed by atoms with E-state index in [0.29, 0.717) is 60.7 Å². The van der Waals surface area contributed by atoms with Crippen molar-refractivity contribution < 1.29 is 43.2 Å². The molecule has 0 saturated carbocycles. The van der Waals surface area contributed by atoms with Crippen LogP contribution in [0.3, 0.4) is 0 Å². The molecular weight excluding hydrogens is 612 g/mol. The first-order chi connectivity index (χ1) is 22.3. The molecular formula is C34H36N2O9S. The molecule has 0 bridgehead atoms. The van der Waals surface area contributed by atoms with E-state index in [2.05, 4.69) is 18.5 Å². The number of aromatic nitrogens is 1. The van der Waals surface area contributed by atoms with Gasteiger partial charge in [0.1, 0.15) is 30.5 Å². The summed E-state index contributed by atoms with van der Waals surface area (Å²) in [6.45, 7) is 10.7. The van der Waals surface area contributed by atoms with Crippen molar-refractivity contribution in [3.63, 3.8) is 0 Å². The van der Waals surface area contributed by atoms with Crippen LogP contribution in [0.5, 0.6) is 23.0 Å². The molecule has 1 amide bonds. The number of hydrogen-bond acceptors (Lipinski definition) is 11. The molecule has 5 rings (SSSR count). The molecule has 2 aliphatic heterocycles. The number of benzene rings is 2. The van der Waals surface area contributed by atoms with Crippen LogP contribution in [0.1, 0.15) is 65.6 Å². The van der Waals surface area contributed by atoms with E-state index in [0.717, 1.165) is 30.6 Å². The van der Waals surface area contributed by atoms with Gasteiger partial charge in [-0.15, -0.1) is 0 Å². The summed E-state index contributed by atoms with van der Waals surface area (Å²) in [5, 5.41) is 11.8. The molecule has 3 heterocycles. The standard InChI is InChI=1S/C34H36N2O9S/c1-5-8-9-15-42-23-12-10-21(18-25(23)41-7-3)28-27(29(37)22-11-13-24-26(19-22)44-17-16-43-24)30(38)32(39)36(28)34-35-20(4)31(46-34)33(40)45-14-6-2/h6,10-13,18-19,28,37H,2,5,7-9,14-17H2,1,3-4H3. The van der Waals surface area contributed by atoms with Gasteiger partial charge in [-0.2, -0.15) is 0 Å². The lowest BCUT2D eigenvalue weighted by Crippen LogP contribution is -2.29. The number of esters is 1. The van der Waals surface area contributed by atoms with Gasteiger partial charge in [0.25, 0.3) is 5.78 Å². The Bertz CT molecular complexity index is 1680. The van der Waals surface area contributed by atoms with Crippen molar-refractivity contribution in [3.05, 3.63) is 76.3 Å². The van der Waals surface area contributed by atoms with Crippen molar-refractivity contribution in [2.45, 2.75) is 46.1 Å². The van der Waals surface area contributed by atoms with E-state index in [1.807, 2.05) is 6.92 Å². The lowest BCUT2D eigenvalue weighted by atomic mass is 9.95. The Morgan fingerprint density at radius 1 is 1.09 bits per heavy atom. The van der Waals surface area contributed by atoms with Gasteiger partial charge < -0.3 is 28.8 Å². The number of aliphatic hydroxyl groups is 1. The number of aryl methyl sites for hydroxylation is 1. The van der Waals surface area contributed by atoms with E-state index >= 15 is 0 Å². The minimum atomic E-state index is -1.12. The fraction of sp³-hybridized carbons (Fsp3) is 0.353. The Balaban J connectivity index is 1.64. The molecule has 1 aromatic heterocycles. The minimum Gasteiger partial charge on any atom is -0.507 e. The van der Waals surface area contributed by atoms with Crippen LogP contribution in [-0.4, -0.2) is 60.8 Å². The van der Waals surface area contributed by atoms with Gasteiger partial charge in [-0.3, -0.25) is 14.5 Å². The van der Waals surface area contributed by atoms with Gasteiger partial charge in [-0.25, -0.2) is 9.78 Å². The summed E-state index contributed by atoms with van der Waals surface area (Å²) < 4.78 is 28.4. The lowest BCUT2D eigenvalue weighted by molar-refractivity contribution is -0.132. The summed E-state index contributed by atoms with van der Waals surface area (Å²) in [6.07, 6.45) is 4.39. The summed E-state index contributed by atoms with van der Waals surface area (Å²) in [6, 6.07) is 8.81. The zero-order chi connectivity index (χ0) is 32.8. The number of aliphatic hydroxyl groups excluding tert-OH is 1. The topological polar surface area (TPSA) is 134 Å². The van der Waals surface area contributed by atoms with Crippen LogP contribution >= 0.6 is 11.3 Å². The summed E-state index contributed by atoms with van der Waals surface area (Å²) in [5.74, 6) is -1.02. The van der Waals surface area contributed by atoms with E-state index in [4.69, 9.17) is 23.7 Å². The molecule has 2 aromatic carbocycles. The minimum absolute atomic E-state index is 0.00137. The molecule has 46 heavy (non-hydrogen) atoms. The fourth-order valence-electron chi connectivity index (χ4n) is 5.18. The second-order valence-electron chi connectivity index (χ2n) is 10.5. The number of thiazole rings is 1. The molecule has 3 aromatic rings. The maximum absolute atomic E-state index is 13.8. The van der Waals surface area contributed by atoms with Crippen molar-refractivity contribution in [1.82, 2.24) is 4.98 Å². The third kappa shape index (κ3) is 6.57. The number of nitrogens with zero attached hydrogens (tertiary/aromatic N) is 2. The number of carbonyl (C=O) groups is 3. The number of hydrogen-bond donors (Lipinski definition) is 1. The zero-order valence-electron chi connectivity index (χ0n) is 26.0. The van der Waals surface area contributed by atoms with Crippen molar-refractivity contribution in [2.24, 2.45) is 0 Å². The average molecular weight is 649 g/mol. The molecule has 242 valence electrons. The van der Waals surface area contributed by atoms with E-state index in [9.17, 15) is 19.5 Å². The molecule has 0 radical (unpaired) electrons. The van der Waals surface area contributed by atoms with Crippen molar-refractivity contribution in [3.8, 4) is 23.0 Å². The molecule has 1 atom stereocenters. The number of fused-ring (bicyclic) bond motifs is 1. The Morgan fingerprint density at radius 2 is 1.87 bits per heavy atom. The summed E-state index contributed by atoms with van der Waals surface area (Å²) in [7, 11) is 0. The number of Topliss-reactive ketones (excluding diaryl/α,β-unsaturated/α-hetero) is 1. The quantitative estimate of drug-likeness (QED) is 0.0574. The fourth-order valence-corrected chi connectivity index (χ4v) is 6.17. The molecule has 11 nitrogen and oxygen atoms in total. The van der Waals surface area contributed by atoms with Crippen LogP contribution in [-0.2, 0) is 14.3 Å². The van der Waals surface area contributed by atoms with Crippen LogP contribution in [0.4, 0.5) is 5.13 Å². The number of ketones is 1. The lowest BCUT2D eigenvalue weighted by Gasteiger charge is -2.24. The van der Waals surface area contributed by atoms with Crippen LogP contribution in [0, 0.1) is 6.92 Å². The number of anilines is 1. The van der Waals surface area contributed by atoms with Gasteiger partial charge in [0.15, 0.2) is 28.1 Å². The van der Waals surface area contributed by atoms with Gasteiger partial charge in [0.2, 0.25) is 0 Å². The average Bonchev–Trinajstić information content (AvgIpc) is 3.57. The van der Waals surface area contributed by atoms with Gasteiger partial charge >= 0.3 is 11.9 Å². The maximum Gasteiger partial charge on any atom is 0.350 e. The highest BCUT2D eigenvalue weighted by Crippen LogP contribution is 2.46. The first-order valence-corrected chi connectivity index (χ1v) is 16.0. The highest BCUT2D eigenvalue weighted by atomic mass is 32.1. The molecule has 1 fully saturated rings. The molecule has 1 N–H and O–H groups in total. The van der Waals surface area contributed by atoms with Gasteiger partial charge in [0.05, 0.1) is 30.5 Å². The van der Waals surface area contributed by atoms with Crippen LogP contribution in [0.15, 0.2) is 54.6 Å². The number of unbranched alkanes of at least 4 members (excludes halogenated alkanes) is 2. The Morgan fingerprint density at radius 3 is 2.61 bits per heavy atom. The van der Waals surface area contributed by atoms with E-state index in [-0.39, 0.29) is 27.8 Å². The maximum atomic E-state index is 13.8. The smallest absolute Gasteiger partial charge is 0.350 e. The molecule has 12 heteroatoms. The van der Waals surface area contributed by atoms with E-state index in [1.54, 1.807) is 43.3 Å². The second-order valence-corrected chi connectivity index (χ2v) is 11.5. The molecule has 2 aliphatic rings. The monoisotopic (exact) mass is 648 g/mol. The van der Waals surface area contributed by atoms with Gasteiger partial charge in [-0.05, 0) is 56.2 Å². The van der Waals surface area contributed by atoms with E-state index in [1.165, 1.54) is 11.0 Å². The summed E-state index contributed by atoms with van der Waals surface area (Å²) in [5.41, 5.74) is 0.889. The number of carbonyl (C=O) groups excluding carboxylic acids is 3. The Kier molecular flexibility index (Phi) is 10.3. The van der Waals surface area contributed by atoms with Gasteiger partial charge in [0, 0.05) is 5.56 Å². The highest BCUT2D eigenvalue weighted by Gasteiger charge is 2.49.